The van der Waals surface area contributed by atoms with Crippen molar-refractivity contribution in [1.82, 2.24) is 4.72 Å². The van der Waals surface area contributed by atoms with E-state index in [2.05, 4.69) is 9.46 Å². The van der Waals surface area contributed by atoms with Crippen molar-refractivity contribution in [3.05, 3.63) is 15.8 Å². The summed E-state index contributed by atoms with van der Waals surface area (Å²) in [5.74, 6) is -0.654. The van der Waals surface area contributed by atoms with Crippen LogP contribution in [0.2, 0.25) is 0 Å². The van der Waals surface area contributed by atoms with Gasteiger partial charge in [0.1, 0.15) is 9.77 Å². The van der Waals surface area contributed by atoms with E-state index in [4.69, 9.17) is 5.73 Å². The van der Waals surface area contributed by atoms with Gasteiger partial charge < -0.3 is 10.5 Å². The molecular weight excluding hydrogens is 312 g/mol. The van der Waals surface area contributed by atoms with E-state index in [1.54, 1.807) is 12.3 Å². The summed E-state index contributed by atoms with van der Waals surface area (Å²) in [5, 5.41) is 1.62. The van der Waals surface area contributed by atoms with Gasteiger partial charge in [-0.15, -0.1) is 11.3 Å². The molecule has 120 valence electrons. The molecule has 0 spiro atoms. The Balaban J connectivity index is 3.09. The monoisotopic (exact) mass is 334 g/mol. The first-order chi connectivity index (χ1) is 9.70. The van der Waals surface area contributed by atoms with E-state index in [0.29, 0.717) is 18.4 Å². The summed E-state index contributed by atoms with van der Waals surface area (Å²) in [6.45, 7) is 5.59. The molecule has 21 heavy (non-hydrogen) atoms. The number of rotatable bonds is 7. The molecule has 0 fully saturated rings. The lowest BCUT2D eigenvalue weighted by Crippen LogP contribution is -2.49. The van der Waals surface area contributed by atoms with E-state index < -0.39 is 21.5 Å². The number of nitrogens with one attached hydrogen (secondary N) is 1. The Morgan fingerprint density at radius 2 is 2.00 bits per heavy atom. The molecule has 0 saturated heterocycles. The molecule has 1 aromatic rings. The number of carbonyl (C=O) groups is 1. The third-order valence-corrected chi connectivity index (χ3v) is 6.37. The fourth-order valence-corrected chi connectivity index (χ4v) is 4.65. The fourth-order valence-electron chi connectivity index (χ4n) is 1.81. The highest BCUT2D eigenvalue weighted by Gasteiger charge is 2.30. The normalized spacial score (nSPS) is 12.4. The van der Waals surface area contributed by atoms with Crippen LogP contribution >= 0.6 is 11.3 Å². The van der Waals surface area contributed by atoms with Crippen LogP contribution in [0.1, 0.15) is 41.9 Å². The predicted octanol–water partition coefficient (Wildman–Crippen LogP) is 1.64. The first kappa shape index (κ1) is 18.1. The van der Waals surface area contributed by atoms with Crippen molar-refractivity contribution in [2.45, 2.75) is 44.0 Å². The lowest BCUT2D eigenvalue weighted by Gasteiger charge is -2.26. The van der Waals surface area contributed by atoms with Gasteiger partial charge in [-0.05, 0) is 30.7 Å². The number of ether oxygens (including phenoxy) is 1. The molecule has 0 aromatic carbocycles. The average molecular weight is 334 g/mol. The molecule has 3 N–H and O–H groups in total. The molecule has 0 atom stereocenters. The van der Waals surface area contributed by atoms with Crippen molar-refractivity contribution in [2.24, 2.45) is 5.73 Å². The second-order valence-corrected chi connectivity index (χ2v) is 7.55. The predicted molar refractivity (Wildman–Crippen MR) is 83.1 cm³/mol. The first-order valence-electron chi connectivity index (χ1n) is 6.65. The summed E-state index contributed by atoms with van der Waals surface area (Å²) < 4.78 is 32.1. The Morgan fingerprint density at radius 1 is 1.43 bits per heavy atom. The second-order valence-electron chi connectivity index (χ2n) is 4.96. The zero-order valence-electron chi connectivity index (χ0n) is 12.7. The Morgan fingerprint density at radius 3 is 2.48 bits per heavy atom. The zero-order chi connectivity index (χ0) is 16.3. The summed E-state index contributed by atoms with van der Waals surface area (Å²) >= 11 is 1.06. The van der Waals surface area contributed by atoms with Crippen LogP contribution in [0.3, 0.4) is 0 Å². The lowest BCUT2D eigenvalue weighted by atomic mass is 9.95. The number of aryl methyl sites for hydroxylation is 1. The number of thiophene rings is 1. The van der Waals surface area contributed by atoms with Crippen LogP contribution in [0.25, 0.3) is 0 Å². The number of methoxy groups -OCH3 is 1. The molecule has 0 bridgehead atoms. The molecule has 1 rings (SSSR count). The molecule has 1 heterocycles. The minimum atomic E-state index is -3.81. The number of esters is 1. The summed E-state index contributed by atoms with van der Waals surface area (Å²) in [6.07, 6.45) is 1.30. The van der Waals surface area contributed by atoms with Gasteiger partial charge in [-0.25, -0.2) is 17.9 Å². The average Bonchev–Trinajstić information content (AvgIpc) is 2.86. The van der Waals surface area contributed by atoms with Crippen LogP contribution in [0.4, 0.5) is 0 Å². The number of hydrogen-bond acceptors (Lipinski definition) is 6. The quantitative estimate of drug-likeness (QED) is 0.739. The molecule has 0 aliphatic carbocycles. The Bertz CT molecular complexity index is 604. The number of sulfonamides is 1. The minimum Gasteiger partial charge on any atom is -0.465 e. The largest absolute Gasteiger partial charge is 0.465 e. The number of carbonyl (C=O) groups excluding carboxylic acids is 1. The van der Waals surface area contributed by atoms with Gasteiger partial charge >= 0.3 is 5.97 Å². The van der Waals surface area contributed by atoms with E-state index >= 15 is 0 Å². The van der Waals surface area contributed by atoms with E-state index in [0.717, 1.165) is 11.3 Å². The minimum absolute atomic E-state index is 0.0195. The molecule has 1 aromatic heterocycles. The molecule has 6 nitrogen and oxygen atoms in total. The smallest absolute Gasteiger partial charge is 0.349 e. The van der Waals surface area contributed by atoms with Crippen molar-refractivity contribution in [3.8, 4) is 0 Å². The highest BCUT2D eigenvalue weighted by Crippen LogP contribution is 2.27. The highest BCUT2D eigenvalue weighted by atomic mass is 32.2. The molecule has 0 radical (unpaired) electrons. The summed E-state index contributed by atoms with van der Waals surface area (Å²) in [4.78, 5) is 11.7. The van der Waals surface area contributed by atoms with Crippen molar-refractivity contribution >= 4 is 27.3 Å². The second kappa shape index (κ2) is 6.87. The van der Waals surface area contributed by atoms with Crippen molar-refractivity contribution in [2.75, 3.05) is 13.7 Å². The van der Waals surface area contributed by atoms with Crippen LogP contribution in [-0.2, 0) is 14.8 Å². The molecule has 0 saturated carbocycles. The fraction of sp³-hybridized carbons (Fsp3) is 0.615. The topological polar surface area (TPSA) is 98.5 Å². The zero-order valence-corrected chi connectivity index (χ0v) is 14.4. The molecule has 0 aliphatic heterocycles. The third-order valence-electron chi connectivity index (χ3n) is 3.58. The van der Waals surface area contributed by atoms with Gasteiger partial charge in [-0.2, -0.15) is 0 Å². The van der Waals surface area contributed by atoms with Gasteiger partial charge in [0, 0.05) is 12.1 Å². The first-order valence-corrected chi connectivity index (χ1v) is 9.02. The van der Waals surface area contributed by atoms with E-state index in [-0.39, 0.29) is 16.3 Å². The molecule has 8 heteroatoms. The van der Waals surface area contributed by atoms with Crippen LogP contribution in [0, 0.1) is 6.92 Å². The van der Waals surface area contributed by atoms with Gasteiger partial charge in [0.2, 0.25) is 10.0 Å². The van der Waals surface area contributed by atoms with Crippen molar-refractivity contribution in [1.29, 1.82) is 0 Å². The summed E-state index contributed by atoms with van der Waals surface area (Å²) in [5.41, 5.74) is 6.03. The maximum atomic E-state index is 12.5. The van der Waals surface area contributed by atoms with Crippen LogP contribution in [0.15, 0.2) is 10.3 Å². The Hall–Kier alpha value is -0.960. The summed E-state index contributed by atoms with van der Waals surface area (Å²) in [7, 11) is -2.58. The Kier molecular flexibility index (Phi) is 5.92. The maximum Gasteiger partial charge on any atom is 0.349 e. The van der Waals surface area contributed by atoms with Gasteiger partial charge in [0.15, 0.2) is 0 Å². The van der Waals surface area contributed by atoms with Crippen LogP contribution in [0.5, 0.6) is 0 Å². The Labute approximate surface area is 129 Å². The maximum absolute atomic E-state index is 12.5. The molecular formula is C13H22N2O4S2. The van der Waals surface area contributed by atoms with Gasteiger partial charge in [0.25, 0.3) is 0 Å². The third kappa shape index (κ3) is 4.03. The standard InChI is InChI=1S/C13H22N2O4S2/c1-5-13(14,6-2)8-15-21(17,18)11-9(3)7-20-10(11)12(16)19-4/h7,15H,5-6,8,14H2,1-4H3. The number of nitrogens with two attached hydrogens (primary N) is 1. The van der Waals surface area contributed by atoms with Gasteiger partial charge in [-0.1, -0.05) is 13.8 Å². The molecule has 0 amide bonds. The molecule has 0 unspecified atom stereocenters. The highest BCUT2D eigenvalue weighted by molar-refractivity contribution is 7.89. The lowest BCUT2D eigenvalue weighted by molar-refractivity contribution is 0.0602. The van der Waals surface area contributed by atoms with Gasteiger partial charge in [-0.3, -0.25) is 0 Å². The van der Waals surface area contributed by atoms with E-state index in [9.17, 15) is 13.2 Å². The van der Waals surface area contributed by atoms with Crippen LogP contribution < -0.4 is 10.5 Å². The van der Waals surface area contributed by atoms with Crippen LogP contribution in [-0.4, -0.2) is 33.6 Å². The SMILES string of the molecule is CCC(N)(CC)CNS(=O)(=O)c1c(C)csc1C(=O)OC. The van der Waals surface area contributed by atoms with Crippen molar-refractivity contribution < 1.29 is 17.9 Å². The number of hydrogen-bond donors (Lipinski definition) is 2. The van der Waals surface area contributed by atoms with E-state index in [1.807, 2.05) is 13.8 Å². The molecule has 0 aliphatic rings. The van der Waals surface area contributed by atoms with Gasteiger partial charge in [0.05, 0.1) is 7.11 Å². The van der Waals surface area contributed by atoms with E-state index in [1.165, 1.54) is 7.11 Å². The summed E-state index contributed by atoms with van der Waals surface area (Å²) in [6, 6.07) is 0. The van der Waals surface area contributed by atoms with Crippen molar-refractivity contribution in [3.63, 3.8) is 0 Å².